The van der Waals surface area contributed by atoms with Gasteiger partial charge in [0, 0.05) is 31.0 Å². The van der Waals surface area contributed by atoms with Crippen LogP contribution in [-0.4, -0.2) is 45.3 Å². The van der Waals surface area contributed by atoms with Crippen molar-refractivity contribution < 1.29 is 22.4 Å². The summed E-state index contributed by atoms with van der Waals surface area (Å²) in [7, 11) is 0. The Kier molecular flexibility index (Phi) is 5.09. The molecule has 1 saturated heterocycles. The van der Waals surface area contributed by atoms with E-state index in [2.05, 4.69) is 30.4 Å². The van der Waals surface area contributed by atoms with Crippen LogP contribution in [0.15, 0.2) is 65.3 Å². The first-order chi connectivity index (χ1) is 17.4. The van der Waals surface area contributed by atoms with E-state index in [-0.39, 0.29) is 17.9 Å². The monoisotopic (exact) mass is 493 g/mol. The fourth-order valence-corrected chi connectivity index (χ4v) is 4.52. The standard InChI is InChI=1S/C24H18F3N7O2/c25-24(26,27)16-5-1-3-14(11-16)18-6-7-19-20(29-18)34(17-8-10-33(19)13-17)23(35)30-22-32-31-21(36-22)15-4-2-9-28-12-15/h1-7,9,11-12,17H,8,10,13H2,(H,30,32,35)/t17-/m0/s1. The summed E-state index contributed by atoms with van der Waals surface area (Å²) in [5.74, 6) is 0.567. The van der Waals surface area contributed by atoms with Gasteiger partial charge in [0.05, 0.1) is 28.6 Å². The highest BCUT2D eigenvalue weighted by Crippen LogP contribution is 2.41. The second kappa shape index (κ2) is 8.33. The molecule has 0 saturated carbocycles. The van der Waals surface area contributed by atoms with Gasteiger partial charge in [-0.3, -0.25) is 15.2 Å². The molecular weight excluding hydrogens is 475 g/mol. The number of alkyl halides is 3. The number of rotatable bonds is 3. The summed E-state index contributed by atoms with van der Waals surface area (Å²) in [5.41, 5.74) is 1.21. The molecule has 2 amide bonds. The number of hydrogen-bond donors (Lipinski definition) is 1. The lowest BCUT2D eigenvalue weighted by molar-refractivity contribution is -0.137. The average molecular weight is 493 g/mol. The van der Waals surface area contributed by atoms with Crippen LogP contribution >= 0.6 is 0 Å². The Morgan fingerprint density at radius 1 is 1.08 bits per heavy atom. The molecule has 0 unspecified atom stereocenters. The third kappa shape index (κ3) is 3.89. The molecule has 0 radical (unpaired) electrons. The van der Waals surface area contributed by atoms with Crippen LogP contribution in [0, 0.1) is 0 Å². The summed E-state index contributed by atoms with van der Waals surface area (Å²) in [5, 5.41) is 10.5. The molecule has 182 valence electrons. The van der Waals surface area contributed by atoms with Crippen LogP contribution in [0.1, 0.15) is 12.0 Å². The van der Waals surface area contributed by atoms with Crippen molar-refractivity contribution in [1.82, 2.24) is 20.2 Å². The molecule has 0 spiro atoms. The SMILES string of the molecule is O=C(Nc1nnc(-c2cccnc2)o1)N1c2nc(-c3cccc(C(F)(F)F)c3)ccc2N2CC[C@H]1C2. The fraction of sp³-hybridized carbons (Fsp3) is 0.208. The number of carbonyl (C=O) groups is 1. The van der Waals surface area contributed by atoms with E-state index in [1.54, 1.807) is 42.7 Å². The quantitative estimate of drug-likeness (QED) is 0.436. The second-order valence-electron chi connectivity index (χ2n) is 8.46. The van der Waals surface area contributed by atoms with Gasteiger partial charge in [-0.05, 0) is 42.8 Å². The molecule has 1 N–H and O–H groups in total. The molecule has 2 aliphatic heterocycles. The number of halogens is 3. The number of aromatic nitrogens is 4. The highest BCUT2D eigenvalue weighted by molar-refractivity contribution is 6.03. The third-order valence-electron chi connectivity index (χ3n) is 6.20. The molecule has 0 aliphatic carbocycles. The van der Waals surface area contributed by atoms with Crippen LogP contribution in [-0.2, 0) is 6.18 Å². The number of nitrogens with zero attached hydrogens (tertiary/aromatic N) is 6. The van der Waals surface area contributed by atoms with Crippen LogP contribution in [0.2, 0.25) is 0 Å². The summed E-state index contributed by atoms with van der Waals surface area (Å²) < 4.78 is 45.3. The Hall–Kier alpha value is -4.48. The zero-order chi connectivity index (χ0) is 24.9. The van der Waals surface area contributed by atoms with Gasteiger partial charge < -0.3 is 9.32 Å². The predicted octanol–water partition coefficient (Wildman–Crippen LogP) is 4.84. The Balaban J connectivity index is 1.32. The van der Waals surface area contributed by atoms with Gasteiger partial charge in [0.1, 0.15) is 0 Å². The van der Waals surface area contributed by atoms with Crippen molar-refractivity contribution in [3.63, 3.8) is 0 Å². The molecular formula is C24H18F3N7O2. The normalized spacial score (nSPS) is 16.7. The van der Waals surface area contributed by atoms with E-state index < -0.39 is 17.8 Å². The first-order valence-electron chi connectivity index (χ1n) is 11.1. The molecule has 1 fully saturated rings. The first kappa shape index (κ1) is 22.0. The van der Waals surface area contributed by atoms with Crippen molar-refractivity contribution in [1.29, 1.82) is 0 Å². The molecule has 2 aliphatic rings. The highest BCUT2D eigenvalue weighted by Gasteiger charge is 2.41. The molecule has 1 aromatic carbocycles. The number of nitrogens with one attached hydrogen (secondary N) is 1. The van der Waals surface area contributed by atoms with E-state index in [9.17, 15) is 18.0 Å². The minimum absolute atomic E-state index is 0.0881. The van der Waals surface area contributed by atoms with Crippen molar-refractivity contribution in [2.75, 3.05) is 28.2 Å². The first-order valence-corrected chi connectivity index (χ1v) is 11.1. The number of pyridine rings is 2. The van der Waals surface area contributed by atoms with E-state index in [1.807, 2.05) is 0 Å². The third-order valence-corrected chi connectivity index (χ3v) is 6.20. The van der Waals surface area contributed by atoms with Gasteiger partial charge in [-0.25, -0.2) is 9.78 Å². The number of fused-ring (bicyclic) bond motifs is 4. The molecule has 1 atom stereocenters. The molecule has 12 heteroatoms. The number of benzene rings is 1. The predicted molar refractivity (Wildman–Crippen MR) is 124 cm³/mol. The zero-order valence-corrected chi connectivity index (χ0v) is 18.6. The van der Waals surface area contributed by atoms with Crippen molar-refractivity contribution in [2.24, 2.45) is 0 Å². The Morgan fingerprint density at radius 3 is 2.75 bits per heavy atom. The Bertz CT molecular complexity index is 1440. The van der Waals surface area contributed by atoms with E-state index >= 15 is 0 Å². The molecule has 5 heterocycles. The van der Waals surface area contributed by atoms with Crippen molar-refractivity contribution in [3.8, 4) is 22.7 Å². The lowest BCUT2D eigenvalue weighted by atomic mass is 10.1. The maximum atomic E-state index is 13.4. The van der Waals surface area contributed by atoms with Gasteiger partial charge in [0.25, 0.3) is 5.89 Å². The van der Waals surface area contributed by atoms with Crippen molar-refractivity contribution >= 4 is 23.6 Å². The highest BCUT2D eigenvalue weighted by atomic mass is 19.4. The molecule has 9 nitrogen and oxygen atoms in total. The van der Waals surface area contributed by atoms with Crippen molar-refractivity contribution in [3.05, 3.63) is 66.5 Å². The topological polar surface area (TPSA) is 100 Å². The van der Waals surface area contributed by atoms with E-state index in [1.165, 1.54) is 11.0 Å². The summed E-state index contributed by atoms with van der Waals surface area (Å²) in [4.78, 5) is 25.6. The number of hydrogen-bond acceptors (Lipinski definition) is 7. The lowest BCUT2D eigenvalue weighted by Crippen LogP contribution is -2.48. The molecule has 4 aromatic rings. The Morgan fingerprint density at radius 2 is 1.94 bits per heavy atom. The van der Waals surface area contributed by atoms with Crippen LogP contribution in [0.4, 0.5) is 35.5 Å². The van der Waals surface area contributed by atoms with Crippen LogP contribution in [0.25, 0.3) is 22.7 Å². The van der Waals surface area contributed by atoms with Gasteiger partial charge in [-0.2, -0.15) is 13.2 Å². The number of anilines is 3. The van der Waals surface area contributed by atoms with Gasteiger partial charge >= 0.3 is 18.2 Å². The van der Waals surface area contributed by atoms with Crippen LogP contribution < -0.4 is 15.1 Å². The van der Waals surface area contributed by atoms with Gasteiger partial charge in [0.15, 0.2) is 5.82 Å². The summed E-state index contributed by atoms with van der Waals surface area (Å²) in [6, 6.07) is 11.1. The Labute approximate surface area is 202 Å². The number of amides is 2. The zero-order valence-electron chi connectivity index (χ0n) is 18.6. The summed E-state index contributed by atoms with van der Waals surface area (Å²) >= 11 is 0. The summed E-state index contributed by atoms with van der Waals surface area (Å²) in [6.07, 6.45) is -0.582. The van der Waals surface area contributed by atoms with Gasteiger partial charge in [0.2, 0.25) is 0 Å². The minimum Gasteiger partial charge on any atom is -0.403 e. The number of urea groups is 1. The lowest BCUT2D eigenvalue weighted by Gasteiger charge is -2.35. The minimum atomic E-state index is -4.47. The maximum Gasteiger partial charge on any atom is 0.416 e. The van der Waals surface area contributed by atoms with E-state index in [0.29, 0.717) is 35.6 Å². The van der Waals surface area contributed by atoms with Gasteiger partial charge in [-0.1, -0.05) is 17.2 Å². The number of carbonyl (C=O) groups excluding carboxylic acids is 1. The largest absolute Gasteiger partial charge is 0.416 e. The maximum absolute atomic E-state index is 13.4. The molecule has 6 rings (SSSR count). The summed E-state index contributed by atoms with van der Waals surface area (Å²) in [6.45, 7) is 1.35. The van der Waals surface area contributed by atoms with Crippen LogP contribution in [0.3, 0.4) is 0 Å². The molecule has 2 bridgehead atoms. The van der Waals surface area contributed by atoms with Gasteiger partial charge in [-0.15, -0.1) is 5.10 Å². The van der Waals surface area contributed by atoms with Crippen LogP contribution in [0.5, 0.6) is 0 Å². The smallest absolute Gasteiger partial charge is 0.403 e. The molecule has 3 aromatic heterocycles. The average Bonchev–Trinajstić information content (AvgIpc) is 3.52. The van der Waals surface area contributed by atoms with E-state index in [0.717, 1.165) is 24.4 Å². The van der Waals surface area contributed by atoms with E-state index in [4.69, 9.17) is 4.42 Å². The molecule has 36 heavy (non-hydrogen) atoms. The second-order valence-corrected chi connectivity index (χ2v) is 8.46. The fourth-order valence-electron chi connectivity index (χ4n) is 4.52. The van der Waals surface area contributed by atoms with Crippen molar-refractivity contribution in [2.45, 2.75) is 18.6 Å².